The minimum absolute atomic E-state index is 0.104. The second-order valence-corrected chi connectivity index (χ2v) is 9.76. The Balaban J connectivity index is 1.47. The maximum absolute atomic E-state index is 13.9. The summed E-state index contributed by atoms with van der Waals surface area (Å²) in [5, 5.41) is 0.507. The molecule has 0 spiro atoms. The number of carbonyl (C=O) groups excluding carboxylic acids is 4. The van der Waals surface area contributed by atoms with E-state index in [-0.39, 0.29) is 17.5 Å². The van der Waals surface area contributed by atoms with Crippen LogP contribution in [0.2, 0.25) is 5.02 Å². The van der Waals surface area contributed by atoms with Crippen LogP contribution in [0.25, 0.3) is 6.08 Å². The van der Waals surface area contributed by atoms with Gasteiger partial charge in [0.15, 0.2) is 11.6 Å². The summed E-state index contributed by atoms with van der Waals surface area (Å²) in [4.78, 5) is 56.4. The molecular formula is C29H21ClN2O4. The molecule has 0 radical (unpaired) electrons. The van der Waals surface area contributed by atoms with Gasteiger partial charge in [-0.1, -0.05) is 35.9 Å². The zero-order chi connectivity index (χ0) is 25.1. The molecule has 2 amide bonds. The molecule has 178 valence electrons. The number of imide groups is 1. The van der Waals surface area contributed by atoms with Crippen molar-refractivity contribution in [3.8, 4) is 0 Å². The van der Waals surface area contributed by atoms with Gasteiger partial charge in [-0.3, -0.25) is 19.2 Å². The van der Waals surface area contributed by atoms with E-state index in [9.17, 15) is 19.2 Å². The maximum atomic E-state index is 13.9. The third kappa shape index (κ3) is 3.25. The number of hydrogen-bond donors (Lipinski definition) is 0. The molecule has 0 unspecified atom stereocenters. The quantitative estimate of drug-likeness (QED) is 0.378. The van der Waals surface area contributed by atoms with Crippen molar-refractivity contribution in [2.75, 3.05) is 4.90 Å². The summed E-state index contributed by atoms with van der Waals surface area (Å²) in [6.45, 7) is 1.46. The van der Waals surface area contributed by atoms with Gasteiger partial charge in [-0.2, -0.15) is 0 Å². The zero-order valence-electron chi connectivity index (χ0n) is 19.3. The average Bonchev–Trinajstić information content (AvgIpc) is 3.36. The van der Waals surface area contributed by atoms with Crippen molar-refractivity contribution >= 4 is 46.7 Å². The smallest absolute Gasteiger partial charge is 0.240 e. The van der Waals surface area contributed by atoms with Gasteiger partial charge in [0.25, 0.3) is 0 Å². The van der Waals surface area contributed by atoms with Crippen molar-refractivity contribution in [2.45, 2.75) is 19.0 Å². The van der Waals surface area contributed by atoms with E-state index in [1.54, 1.807) is 48.5 Å². The van der Waals surface area contributed by atoms with Gasteiger partial charge in [-0.25, -0.2) is 4.90 Å². The lowest BCUT2D eigenvalue weighted by Gasteiger charge is -2.35. The molecule has 6 nitrogen and oxygen atoms in total. The number of carbonyl (C=O) groups is 4. The number of benzene rings is 3. The van der Waals surface area contributed by atoms with Gasteiger partial charge in [0.1, 0.15) is 6.04 Å². The molecule has 2 saturated heterocycles. The molecule has 3 heterocycles. The number of hydrogen-bond acceptors (Lipinski definition) is 5. The van der Waals surface area contributed by atoms with Crippen molar-refractivity contribution in [1.29, 1.82) is 0 Å². The largest absolute Gasteiger partial charge is 0.358 e. The highest BCUT2D eigenvalue weighted by Gasteiger charge is 2.64. The van der Waals surface area contributed by atoms with Crippen LogP contribution in [0.4, 0.5) is 5.69 Å². The normalized spacial score (nSPS) is 23.9. The molecule has 0 bridgehead atoms. The lowest BCUT2D eigenvalue weighted by molar-refractivity contribution is -0.123. The maximum Gasteiger partial charge on any atom is 0.240 e. The Kier molecular flexibility index (Phi) is 5.16. The lowest BCUT2D eigenvalue weighted by Crippen LogP contribution is -2.44. The van der Waals surface area contributed by atoms with Gasteiger partial charge in [0.2, 0.25) is 11.8 Å². The third-order valence-electron chi connectivity index (χ3n) is 7.39. The minimum Gasteiger partial charge on any atom is -0.358 e. The average molecular weight is 497 g/mol. The van der Waals surface area contributed by atoms with Crippen LogP contribution in [0.1, 0.15) is 44.8 Å². The molecular weight excluding hydrogens is 476 g/mol. The monoisotopic (exact) mass is 496 g/mol. The molecule has 0 aromatic heterocycles. The Hall–Kier alpha value is -4.03. The fraction of sp³-hybridized carbons (Fsp3) is 0.172. The van der Waals surface area contributed by atoms with Gasteiger partial charge in [0.05, 0.1) is 23.6 Å². The highest BCUT2D eigenvalue weighted by molar-refractivity contribution is 6.30. The Bertz CT molecular complexity index is 1460. The number of Topliss-reactive ketones (excluding diaryl/α,β-unsaturated/α-hetero) is 2. The fourth-order valence-corrected chi connectivity index (χ4v) is 5.87. The molecule has 7 heteroatoms. The molecule has 6 rings (SSSR count). The van der Waals surface area contributed by atoms with Crippen LogP contribution in [-0.2, 0) is 9.59 Å². The second kappa shape index (κ2) is 8.28. The molecule has 3 aliphatic rings. The Morgan fingerprint density at radius 3 is 2.14 bits per heavy atom. The van der Waals surface area contributed by atoms with E-state index < -0.39 is 29.8 Å². The summed E-state index contributed by atoms with van der Waals surface area (Å²) in [6, 6.07) is 19.5. The van der Waals surface area contributed by atoms with E-state index in [0.717, 1.165) is 11.1 Å². The van der Waals surface area contributed by atoms with Gasteiger partial charge >= 0.3 is 0 Å². The summed E-state index contributed by atoms with van der Waals surface area (Å²) < 4.78 is 0. The fourth-order valence-electron chi connectivity index (χ4n) is 5.74. The minimum atomic E-state index is -0.853. The predicted octanol–water partition coefficient (Wildman–Crippen LogP) is 4.94. The van der Waals surface area contributed by atoms with E-state index in [2.05, 4.69) is 0 Å². The molecule has 2 fully saturated rings. The first-order valence-corrected chi connectivity index (χ1v) is 12.1. The highest BCUT2D eigenvalue weighted by atomic mass is 35.5. The van der Waals surface area contributed by atoms with Crippen LogP contribution < -0.4 is 4.90 Å². The Morgan fingerprint density at radius 2 is 1.44 bits per heavy atom. The number of amides is 2. The number of ketones is 2. The summed E-state index contributed by atoms with van der Waals surface area (Å²) in [6.07, 6.45) is 3.75. The molecule has 4 atom stereocenters. The standard InChI is InChI=1S/C29H21ClN2O4/c1-16(33)17-8-12-21(13-9-17)32-28(35)23-24(29(32)36)26(27(34)19-6-10-20(30)11-7-19)31-15-14-18-4-2-3-5-22(18)25(23)31/h2-15,23-26H,1H3/t23-,24+,25-,26+/m0/s1. The number of anilines is 1. The van der Waals surface area contributed by atoms with Gasteiger partial charge in [0, 0.05) is 22.3 Å². The second-order valence-electron chi connectivity index (χ2n) is 9.32. The van der Waals surface area contributed by atoms with E-state index in [1.165, 1.54) is 11.8 Å². The number of rotatable bonds is 4. The van der Waals surface area contributed by atoms with Crippen molar-refractivity contribution in [3.63, 3.8) is 0 Å². The Labute approximate surface area is 212 Å². The molecule has 36 heavy (non-hydrogen) atoms. The van der Waals surface area contributed by atoms with E-state index in [4.69, 9.17) is 11.6 Å². The van der Waals surface area contributed by atoms with E-state index in [1.807, 2.05) is 41.4 Å². The SMILES string of the molecule is CC(=O)c1ccc(N2C(=O)[C@@H]3[C@H](C2=O)[C@@H]2c4ccccc4C=CN2[C@H]3C(=O)c2ccc(Cl)cc2)cc1. The molecule has 0 N–H and O–H groups in total. The number of fused-ring (bicyclic) bond motifs is 5. The van der Waals surface area contributed by atoms with E-state index in [0.29, 0.717) is 21.8 Å². The summed E-state index contributed by atoms with van der Waals surface area (Å²) in [5.74, 6) is -2.66. The van der Waals surface area contributed by atoms with Crippen LogP contribution >= 0.6 is 11.6 Å². The van der Waals surface area contributed by atoms with Crippen LogP contribution in [0.3, 0.4) is 0 Å². The summed E-state index contributed by atoms with van der Waals surface area (Å²) >= 11 is 6.03. The van der Waals surface area contributed by atoms with Crippen LogP contribution in [0, 0.1) is 11.8 Å². The summed E-state index contributed by atoms with van der Waals surface area (Å²) in [5.41, 5.74) is 3.19. The number of halogens is 1. The molecule has 0 saturated carbocycles. The zero-order valence-corrected chi connectivity index (χ0v) is 20.1. The van der Waals surface area contributed by atoms with Crippen molar-refractivity contribution in [1.82, 2.24) is 4.90 Å². The van der Waals surface area contributed by atoms with Gasteiger partial charge in [-0.05, 0) is 72.7 Å². The Morgan fingerprint density at radius 1 is 0.806 bits per heavy atom. The third-order valence-corrected chi connectivity index (χ3v) is 7.64. The van der Waals surface area contributed by atoms with Crippen LogP contribution in [0.5, 0.6) is 0 Å². The first-order valence-electron chi connectivity index (χ1n) is 11.7. The number of nitrogens with zero attached hydrogens (tertiary/aromatic N) is 2. The lowest BCUT2D eigenvalue weighted by atomic mass is 9.83. The molecule has 0 aliphatic carbocycles. The first kappa shape index (κ1) is 22.4. The van der Waals surface area contributed by atoms with Gasteiger partial charge < -0.3 is 4.90 Å². The summed E-state index contributed by atoms with van der Waals surface area (Å²) in [7, 11) is 0. The van der Waals surface area contributed by atoms with Crippen LogP contribution in [-0.4, -0.2) is 34.3 Å². The van der Waals surface area contributed by atoms with E-state index >= 15 is 0 Å². The van der Waals surface area contributed by atoms with Crippen molar-refractivity contribution in [3.05, 3.63) is 106 Å². The van der Waals surface area contributed by atoms with Crippen LogP contribution in [0.15, 0.2) is 79.0 Å². The molecule has 3 aliphatic heterocycles. The van der Waals surface area contributed by atoms with Crippen molar-refractivity contribution in [2.24, 2.45) is 11.8 Å². The topological polar surface area (TPSA) is 74.8 Å². The molecule has 3 aromatic rings. The highest BCUT2D eigenvalue weighted by Crippen LogP contribution is 2.53. The first-order chi connectivity index (χ1) is 17.4. The van der Waals surface area contributed by atoms with Gasteiger partial charge in [-0.15, -0.1) is 0 Å². The van der Waals surface area contributed by atoms with Crippen molar-refractivity contribution < 1.29 is 19.2 Å². The predicted molar refractivity (Wildman–Crippen MR) is 136 cm³/mol. The molecule has 3 aromatic carbocycles.